The molecule has 1 unspecified atom stereocenters. The van der Waals surface area contributed by atoms with Crippen molar-refractivity contribution in [2.75, 3.05) is 20.2 Å². The molecule has 0 saturated carbocycles. The number of ether oxygens (including phenoxy) is 1. The average Bonchev–Trinajstić information content (AvgIpc) is 2.92. The van der Waals surface area contributed by atoms with Gasteiger partial charge in [0.1, 0.15) is 5.15 Å². The van der Waals surface area contributed by atoms with E-state index in [2.05, 4.69) is 29.1 Å². The van der Waals surface area contributed by atoms with Gasteiger partial charge in [-0.3, -0.25) is 4.90 Å². The number of benzene rings is 1. The van der Waals surface area contributed by atoms with Crippen LogP contribution in [0.5, 0.6) is 0 Å². The highest BCUT2D eigenvalue weighted by Crippen LogP contribution is 2.22. The van der Waals surface area contributed by atoms with Gasteiger partial charge in [0.25, 0.3) is 0 Å². The van der Waals surface area contributed by atoms with Gasteiger partial charge in [0.2, 0.25) is 0 Å². The van der Waals surface area contributed by atoms with Gasteiger partial charge < -0.3 is 4.74 Å². The van der Waals surface area contributed by atoms with E-state index in [1.807, 2.05) is 18.2 Å². The number of halogens is 1. The number of pyridine rings is 1. The molecule has 106 valence electrons. The van der Waals surface area contributed by atoms with Crippen molar-refractivity contribution in [3.63, 3.8) is 0 Å². The molecule has 0 amide bonds. The number of nitrogens with zero attached hydrogens (tertiary/aromatic N) is 2. The Morgan fingerprint density at radius 2 is 2.25 bits per heavy atom. The van der Waals surface area contributed by atoms with Crippen molar-refractivity contribution >= 4 is 22.5 Å². The van der Waals surface area contributed by atoms with Crippen LogP contribution in [0.4, 0.5) is 0 Å². The lowest BCUT2D eigenvalue weighted by molar-refractivity contribution is 0.0793. The van der Waals surface area contributed by atoms with E-state index in [0.29, 0.717) is 11.3 Å². The van der Waals surface area contributed by atoms with Crippen LogP contribution in [-0.2, 0) is 11.3 Å². The first-order valence-electron chi connectivity index (χ1n) is 7.06. The van der Waals surface area contributed by atoms with Gasteiger partial charge >= 0.3 is 0 Å². The van der Waals surface area contributed by atoms with Crippen LogP contribution in [-0.4, -0.2) is 36.2 Å². The Kier molecular flexibility index (Phi) is 4.20. The normalized spacial score (nSPS) is 19.1. The molecule has 3 nitrogen and oxygen atoms in total. The van der Waals surface area contributed by atoms with Crippen LogP contribution in [0, 0.1) is 0 Å². The number of hydrogen-bond acceptors (Lipinski definition) is 3. The fourth-order valence-electron chi connectivity index (χ4n) is 2.74. The molecular formula is C16H19ClN2O. The molecule has 2 heterocycles. The number of aromatic nitrogens is 1. The lowest BCUT2D eigenvalue weighted by atomic mass is 10.1. The molecule has 2 aromatic rings. The van der Waals surface area contributed by atoms with E-state index >= 15 is 0 Å². The highest BCUT2D eigenvalue weighted by molar-refractivity contribution is 6.30. The van der Waals surface area contributed by atoms with E-state index in [1.165, 1.54) is 6.42 Å². The van der Waals surface area contributed by atoms with Gasteiger partial charge in [0.05, 0.1) is 11.6 Å². The summed E-state index contributed by atoms with van der Waals surface area (Å²) < 4.78 is 5.67. The lowest BCUT2D eigenvalue weighted by Gasteiger charge is -2.21. The maximum atomic E-state index is 6.29. The van der Waals surface area contributed by atoms with Crippen LogP contribution in [0.1, 0.15) is 18.4 Å². The largest absolute Gasteiger partial charge is 0.377 e. The third-order valence-electron chi connectivity index (χ3n) is 3.73. The maximum Gasteiger partial charge on any atom is 0.134 e. The summed E-state index contributed by atoms with van der Waals surface area (Å²) in [7, 11) is 2.10. The first-order valence-corrected chi connectivity index (χ1v) is 7.44. The smallest absolute Gasteiger partial charge is 0.134 e. The molecular weight excluding hydrogens is 272 g/mol. The van der Waals surface area contributed by atoms with Crippen LogP contribution in [0.3, 0.4) is 0 Å². The van der Waals surface area contributed by atoms with E-state index in [4.69, 9.17) is 16.3 Å². The second kappa shape index (κ2) is 6.08. The van der Waals surface area contributed by atoms with Crippen molar-refractivity contribution in [2.45, 2.75) is 25.5 Å². The fourth-order valence-corrected chi connectivity index (χ4v) is 2.94. The van der Waals surface area contributed by atoms with E-state index < -0.39 is 0 Å². The predicted octanol–water partition coefficient (Wildman–Crippen LogP) is 3.50. The Morgan fingerprint density at radius 1 is 1.40 bits per heavy atom. The van der Waals surface area contributed by atoms with Gasteiger partial charge in [-0.1, -0.05) is 29.8 Å². The van der Waals surface area contributed by atoms with Crippen LogP contribution < -0.4 is 0 Å². The predicted molar refractivity (Wildman–Crippen MR) is 82.1 cm³/mol. The quantitative estimate of drug-likeness (QED) is 0.806. The summed E-state index contributed by atoms with van der Waals surface area (Å²) in [6.07, 6.45) is 2.71. The number of para-hydroxylation sites is 1. The molecule has 0 N–H and O–H groups in total. The summed E-state index contributed by atoms with van der Waals surface area (Å²) in [6.45, 7) is 2.65. The van der Waals surface area contributed by atoms with Crippen molar-refractivity contribution in [1.82, 2.24) is 9.88 Å². The van der Waals surface area contributed by atoms with Crippen molar-refractivity contribution in [3.8, 4) is 0 Å². The molecule has 20 heavy (non-hydrogen) atoms. The van der Waals surface area contributed by atoms with Crippen molar-refractivity contribution in [1.29, 1.82) is 0 Å². The highest BCUT2D eigenvalue weighted by Gasteiger charge is 2.18. The monoisotopic (exact) mass is 290 g/mol. The summed E-state index contributed by atoms with van der Waals surface area (Å²) in [5.41, 5.74) is 2.02. The fraction of sp³-hybridized carbons (Fsp3) is 0.438. The van der Waals surface area contributed by atoms with Crippen molar-refractivity contribution in [3.05, 3.63) is 41.0 Å². The SMILES string of the molecule is CN(Cc1cc2ccccc2nc1Cl)CC1CCCO1. The minimum atomic E-state index is 0.368. The molecule has 0 spiro atoms. The first kappa shape index (κ1) is 13.8. The molecule has 1 aliphatic rings. The topological polar surface area (TPSA) is 25.4 Å². The summed E-state index contributed by atoms with van der Waals surface area (Å²) in [5.74, 6) is 0. The Labute approximate surface area is 124 Å². The molecule has 1 aromatic carbocycles. The van der Waals surface area contributed by atoms with E-state index in [1.54, 1.807) is 0 Å². The Morgan fingerprint density at radius 3 is 3.05 bits per heavy atom. The molecule has 1 aliphatic heterocycles. The summed E-state index contributed by atoms with van der Waals surface area (Å²) in [4.78, 5) is 6.73. The van der Waals surface area contributed by atoms with Gasteiger partial charge in [-0.05, 0) is 32.0 Å². The number of likely N-dealkylation sites (N-methyl/N-ethyl adjacent to an activating group) is 1. The highest BCUT2D eigenvalue weighted by atomic mass is 35.5. The van der Waals surface area contributed by atoms with Gasteiger partial charge in [0.15, 0.2) is 0 Å². The zero-order chi connectivity index (χ0) is 13.9. The average molecular weight is 291 g/mol. The molecule has 1 aromatic heterocycles. The van der Waals surface area contributed by atoms with Gasteiger partial charge in [0, 0.05) is 30.6 Å². The van der Waals surface area contributed by atoms with Crippen LogP contribution >= 0.6 is 11.6 Å². The van der Waals surface area contributed by atoms with E-state index in [0.717, 1.165) is 42.6 Å². The number of hydrogen-bond donors (Lipinski definition) is 0. The second-order valence-electron chi connectivity index (χ2n) is 5.46. The molecule has 0 bridgehead atoms. The standard InChI is InChI=1S/C16H19ClN2O/c1-19(11-14-6-4-8-20-14)10-13-9-12-5-2-3-7-15(12)18-16(13)17/h2-3,5,7,9,14H,4,6,8,10-11H2,1H3. The molecule has 3 rings (SSSR count). The summed E-state index contributed by atoms with van der Waals surface area (Å²) >= 11 is 6.29. The van der Waals surface area contributed by atoms with Crippen molar-refractivity contribution in [2.24, 2.45) is 0 Å². The Balaban J connectivity index is 1.74. The third-order valence-corrected chi connectivity index (χ3v) is 4.06. The molecule has 0 aliphatic carbocycles. The molecule has 1 fully saturated rings. The minimum absolute atomic E-state index is 0.368. The van der Waals surface area contributed by atoms with Gasteiger partial charge in [-0.2, -0.15) is 0 Å². The molecule has 4 heteroatoms. The van der Waals surface area contributed by atoms with Gasteiger partial charge in [-0.25, -0.2) is 4.98 Å². The number of fused-ring (bicyclic) bond motifs is 1. The first-order chi connectivity index (χ1) is 9.72. The third kappa shape index (κ3) is 3.11. The lowest BCUT2D eigenvalue weighted by Crippen LogP contribution is -2.28. The van der Waals surface area contributed by atoms with Crippen molar-refractivity contribution < 1.29 is 4.74 Å². The van der Waals surface area contributed by atoms with E-state index in [-0.39, 0.29) is 0 Å². The van der Waals surface area contributed by atoms with E-state index in [9.17, 15) is 0 Å². The number of rotatable bonds is 4. The molecule has 0 radical (unpaired) electrons. The van der Waals surface area contributed by atoms with Crippen LogP contribution in [0.15, 0.2) is 30.3 Å². The van der Waals surface area contributed by atoms with Crippen LogP contribution in [0.2, 0.25) is 5.15 Å². The Hall–Kier alpha value is -1.16. The van der Waals surface area contributed by atoms with Gasteiger partial charge in [-0.15, -0.1) is 0 Å². The van der Waals surface area contributed by atoms with Crippen LogP contribution in [0.25, 0.3) is 10.9 Å². The molecule has 1 saturated heterocycles. The Bertz CT molecular complexity index is 596. The second-order valence-corrected chi connectivity index (χ2v) is 5.82. The summed E-state index contributed by atoms with van der Waals surface area (Å²) in [6, 6.07) is 10.2. The zero-order valence-corrected chi connectivity index (χ0v) is 12.4. The zero-order valence-electron chi connectivity index (χ0n) is 11.7. The maximum absolute atomic E-state index is 6.29. The summed E-state index contributed by atoms with van der Waals surface area (Å²) in [5, 5.41) is 1.74. The minimum Gasteiger partial charge on any atom is -0.377 e. The molecule has 1 atom stereocenters.